The number of aromatic hydroxyl groups is 1. The number of amides is 1. The number of rotatable bonds is 6. The Morgan fingerprint density at radius 3 is 2.02 bits per heavy atom. The second-order valence-electron chi connectivity index (χ2n) is 10.5. The highest BCUT2D eigenvalue weighted by Crippen LogP contribution is 2.32. The van der Waals surface area contributed by atoms with Crippen molar-refractivity contribution in [3.63, 3.8) is 0 Å². The van der Waals surface area contributed by atoms with Crippen molar-refractivity contribution in [1.29, 1.82) is 0 Å². The van der Waals surface area contributed by atoms with E-state index in [1.165, 1.54) is 78.4 Å². The van der Waals surface area contributed by atoms with Crippen LogP contribution in [0.5, 0.6) is 5.88 Å². The first-order valence-electron chi connectivity index (χ1n) is 13.7. The van der Waals surface area contributed by atoms with E-state index in [2.05, 4.69) is 15.2 Å². The molecule has 0 spiro atoms. The Bertz CT molecular complexity index is 2360. The van der Waals surface area contributed by atoms with E-state index in [0.29, 0.717) is 28.1 Å². The number of allylic oxidation sites excluding steroid dienone is 1. The van der Waals surface area contributed by atoms with E-state index in [0.717, 1.165) is 9.69 Å². The number of carboxylic acids is 2. The SMILES string of the molecule is Cc1c(C=C/C=c2/c(C)c3c([nH]c2=O)=NN(c2ccc(C(=O)O)cc2)C3=O)c(O)n(C)c2nn(-c3ccc(C(=O)O)cc3)c(=O)c1-2. The molecule has 3 aliphatic heterocycles. The van der Waals surface area contributed by atoms with Crippen LogP contribution in [0.2, 0.25) is 0 Å². The number of anilines is 1. The fourth-order valence-corrected chi connectivity index (χ4v) is 5.33. The van der Waals surface area contributed by atoms with E-state index in [1.807, 2.05) is 0 Å². The first-order chi connectivity index (χ1) is 21.9. The van der Waals surface area contributed by atoms with E-state index in [9.17, 15) is 34.2 Å². The number of benzene rings is 2. The maximum atomic E-state index is 13.4. The van der Waals surface area contributed by atoms with Crippen LogP contribution in [0.4, 0.5) is 5.69 Å². The maximum Gasteiger partial charge on any atom is 0.335 e. The Morgan fingerprint density at radius 2 is 1.43 bits per heavy atom. The minimum atomic E-state index is -1.11. The summed E-state index contributed by atoms with van der Waals surface area (Å²) in [6.07, 6.45) is 4.51. The molecule has 2 aromatic carbocycles. The molecule has 3 aromatic rings. The van der Waals surface area contributed by atoms with Gasteiger partial charge in [0.15, 0.2) is 17.2 Å². The highest BCUT2D eigenvalue weighted by molar-refractivity contribution is 6.08. The van der Waals surface area contributed by atoms with E-state index in [-0.39, 0.29) is 44.7 Å². The minimum Gasteiger partial charge on any atom is -0.494 e. The average molecular weight is 621 g/mol. The van der Waals surface area contributed by atoms with Crippen molar-refractivity contribution < 1.29 is 29.7 Å². The van der Waals surface area contributed by atoms with Crippen LogP contribution < -0.4 is 26.8 Å². The molecule has 0 radical (unpaired) electrons. The van der Waals surface area contributed by atoms with Crippen molar-refractivity contribution in [3.8, 4) is 23.0 Å². The maximum absolute atomic E-state index is 13.4. The zero-order valence-corrected chi connectivity index (χ0v) is 24.5. The molecule has 4 N–H and O–H groups in total. The third kappa shape index (κ3) is 4.64. The predicted molar refractivity (Wildman–Crippen MR) is 165 cm³/mol. The Hall–Kier alpha value is -6.57. The lowest BCUT2D eigenvalue weighted by Crippen LogP contribution is -2.38. The first-order valence-corrected chi connectivity index (χ1v) is 13.7. The highest BCUT2D eigenvalue weighted by atomic mass is 16.4. The zero-order valence-electron chi connectivity index (χ0n) is 24.5. The minimum absolute atomic E-state index is 0.0442. The number of carboxylic acid groups (broad SMARTS) is 2. The van der Waals surface area contributed by atoms with Crippen LogP contribution in [-0.2, 0) is 7.05 Å². The number of nitrogens with one attached hydrogen (secondary N) is 1. The number of aromatic amines is 1. The second kappa shape index (κ2) is 10.9. The van der Waals surface area contributed by atoms with Crippen molar-refractivity contribution in [3.05, 3.63) is 119 Å². The van der Waals surface area contributed by atoms with Gasteiger partial charge in [0.05, 0.1) is 33.6 Å². The number of H-pyrrole nitrogens is 1. The summed E-state index contributed by atoms with van der Waals surface area (Å²) in [4.78, 5) is 64.7. The predicted octanol–water partition coefficient (Wildman–Crippen LogP) is 1.77. The lowest BCUT2D eigenvalue weighted by Gasteiger charge is -2.14. The average Bonchev–Trinajstić information content (AvgIpc) is 3.55. The molecule has 0 fully saturated rings. The largest absolute Gasteiger partial charge is 0.494 e. The van der Waals surface area contributed by atoms with E-state index < -0.39 is 29.0 Å². The molecule has 1 aromatic heterocycles. The monoisotopic (exact) mass is 620 g/mol. The van der Waals surface area contributed by atoms with Gasteiger partial charge in [-0.05, 0) is 85.7 Å². The Morgan fingerprint density at radius 1 is 0.848 bits per heavy atom. The quantitative estimate of drug-likeness (QED) is 0.218. The summed E-state index contributed by atoms with van der Waals surface area (Å²) in [5.41, 5.74) is 1.33. The van der Waals surface area contributed by atoms with E-state index >= 15 is 0 Å². The third-order valence-corrected chi connectivity index (χ3v) is 7.82. The standard InChI is InChI=1S/C32H24N6O8/c1-15-21(27(39)33-25-23(15)29(41)37(34-25)19-11-7-17(8-12-19)31(43)44)5-4-6-22-16(2)24-26(36(3)28(22)40)35-38(30(24)42)20-13-9-18(10-14-20)32(45)46/h4-14,40H,1-3H3,(H,43,44)(H,45,46)(H,33,34,39)/b6-4?,21-5-. The number of nitrogens with zero attached hydrogens (tertiary/aromatic N) is 5. The molecule has 0 atom stereocenters. The van der Waals surface area contributed by atoms with Crippen LogP contribution >= 0.6 is 0 Å². The molecule has 0 bridgehead atoms. The van der Waals surface area contributed by atoms with E-state index in [4.69, 9.17) is 5.11 Å². The summed E-state index contributed by atoms with van der Waals surface area (Å²) < 4.78 is 2.47. The molecule has 4 heterocycles. The summed E-state index contributed by atoms with van der Waals surface area (Å²) in [7, 11) is 1.54. The van der Waals surface area contributed by atoms with Crippen LogP contribution in [0.15, 0.2) is 69.3 Å². The van der Waals surface area contributed by atoms with Gasteiger partial charge >= 0.3 is 11.9 Å². The van der Waals surface area contributed by atoms with Crippen LogP contribution in [0.1, 0.15) is 47.8 Å². The van der Waals surface area contributed by atoms with Crippen LogP contribution in [0.25, 0.3) is 29.2 Å². The Labute approximate surface area is 258 Å². The van der Waals surface area contributed by atoms with Gasteiger partial charge in [-0.3, -0.25) is 19.0 Å². The molecule has 14 heteroatoms. The first kappa shape index (κ1) is 29.5. The van der Waals surface area contributed by atoms with Crippen molar-refractivity contribution in [2.75, 3.05) is 5.01 Å². The third-order valence-electron chi connectivity index (χ3n) is 7.82. The number of fused-ring (bicyclic) bond motifs is 2. The molecule has 0 unspecified atom stereocenters. The van der Waals surface area contributed by atoms with Crippen LogP contribution in [-0.4, -0.2) is 52.5 Å². The fourth-order valence-electron chi connectivity index (χ4n) is 5.33. The summed E-state index contributed by atoms with van der Waals surface area (Å²) in [5, 5.41) is 39.2. The second-order valence-corrected chi connectivity index (χ2v) is 10.5. The molecule has 1 amide bonds. The lowest BCUT2D eigenvalue weighted by molar-refractivity contribution is 0.0686. The lowest BCUT2D eigenvalue weighted by atomic mass is 10.0. The molecular weight excluding hydrogens is 596 g/mol. The number of hydrogen-bond donors (Lipinski definition) is 4. The van der Waals surface area contributed by atoms with Crippen molar-refractivity contribution in [2.45, 2.75) is 13.8 Å². The number of aromatic nitrogens is 4. The number of hydrogen-bond acceptors (Lipinski definition) is 8. The van der Waals surface area contributed by atoms with Gasteiger partial charge in [0, 0.05) is 17.8 Å². The highest BCUT2D eigenvalue weighted by Gasteiger charge is 2.29. The summed E-state index contributed by atoms with van der Waals surface area (Å²) in [6, 6.07) is 11.2. The van der Waals surface area contributed by atoms with Gasteiger partial charge in [-0.2, -0.15) is 9.69 Å². The van der Waals surface area contributed by atoms with Crippen molar-refractivity contribution in [1.82, 2.24) is 19.3 Å². The smallest absolute Gasteiger partial charge is 0.335 e. The summed E-state index contributed by atoms with van der Waals surface area (Å²) in [5.74, 6) is -2.71. The molecule has 6 rings (SSSR count). The molecule has 230 valence electrons. The summed E-state index contributed by atoms with van der Waals surface area (Å²) in [6.45, 7) is 3.25. The van der Waals surface area contributed by atoms with Gasteiger partial charge in [0.1, 0.15) is 0 Å². The van der Waals surface area contributed by atoms with Gasteiger partial charge in [-0.1, -0.05) is 6.08 Å². The molecule has 3 aliphatic rings. The van der Waals surface area contributed by atoms with Crippen molar-refractivity contribution in [2.24, 2.45) is 12.1 Å². The Balaban J connectivity index is 1.38. The van der Waals surface area contributed by atoms with Crippen LogP contribution in [0, 0.1) is 13.8 Å². The number of pyridine rings is 2. The number of carbonyl (C=O) groups excluding carboxylic acids is 1. The molecule has 0 saturated carbocycles. The topological polar surface area (TPSA) is 200 Å². The number of aromatic carboxylic acids is 2. The van der Waals surface area contributed by atoms with Gasteiger partial charge in [-0.15, -0.1) is 10.2 Å². The Kier molecular flexibility index (Phi) is 6.96. The normalized spacial score (nSPS) is 13.1. The molecule has 46 heavy (non-hydrogen) atoms. The van der Waals surface area contributed by atoms with E-state index in [1.54, 1.807) is 13.8 Å². The molecular formula is C32H24N6O8. The molecule has 14 nitrogen and oxygen atoms in total. The summed E-state index contributed by atoms with van der Waals surface area (Å²) >= 11 is 0. The number of carbonyl (C=O) groups is 3. The molecule has 0 aliphatic carbocycles. The van der Waals surface area contributed by atoms with Crippen LogP contribution in [0.3, 0.4) is 0 Å². The fraction of sp³-hybridized carbons (Fsp3) is 0.0938. The van der Waals surface area contributed by atoms with Gasteiger partial charge in [0.2, 0.25) is 0 Å². The van der Waals surface area contributed by atoms with Gasteiger partial charge in [-0.25, -0.2) is 9.59 Å². The van der Waals surface area contributed by atoms with Gasteiger partial charge < -0.3 is 20.3 Å². The van der Waals surface area contributed by atoms with Crippen molar-refractivity contribution >= 4 is 35.7 Å². The zero-order chi connectivity index (χ0) is 33.0. The van der Waals surface area contributed by atoms with Gasteiger partial charge in [0.25, 0.3) is 17.0 Å². The molecule has 0 saturated heterocycles.